The van der Waals surface area contributed by atoms with E-state index in [1.807, 2.05) is 17.9 Å². The SMILES string of the molecule is Cc1nc(-c2cc(S(=O)(=O)Nc3ccc(C#N)cc3)c(C)n2C)sc1C(=O)N1CCC(C)CC1. The van der Waals surface area contributed by atoms with Gasteiger partial charge in [0, 0.05) is 31.5 Å². The van der Waals surface area contributed by atoms with E-state index in [4.69, 9.17) is 5.26 Å². The van der Waals surface area contributed by atoms with E-state index < -0.39 is 10.0 Å². The zero-order chi connectivity index (χ0) is 24.6. The number of nitriles is 1. The van der Waals surface area contributed by atoms with E-state index in [9.17, 15) is 13.2 Å². The van der Waals surface area contributed by atoms with Crippen molar-refractivity contribution in [1.82, 2.24) is 14.5 Å². The summed E-state index contributed by atoms with van der Waals surface area (Å²) in [6.45, 7) is 7.26. The number of thiazole rings is 1. The first-order valence-electron chi connectivity index (χ1n) is 11.1. The van der Waals surface area contributed by atoms with Crippen molar-refractivity contribution >= 4 is 33.0 Å². The highest BCUT2D eigenvalue weighted by molar-refractivity contribution is 7.92. The summed E-state index contributed by atoms with van der Waals surface area (Å²) in [5.74, 6) is 0.626. The second-order valence-electron chi connectivity index (χ2n) is 8.74. The molecule has 0 spiro atoms. The maximum absolute atomic E-state index is 13.1. The summed E-state index contributed by atoms with van der Waals surface area (Å²) in [6.07, 6.45) is 2.00. The van der Waals surface area contributed by atoms with Crippen LogP contribution in [0, 0.1) is 31.1 Å². The molecule has 8 nitrogen and oxygen atoms in total. The molecule has 1 aliphatic rings. The third-order valence-electron chi connectivity index (χ3n) is 6.33. The molecule has 1 amide bonds. The molecule has 3 heterocycles. The van der Waals surface area contributed by atoms with Crippen LogP contribution in [0.25, 0.3) is 10.7 Å². The number of carbonyl (C=O) groups is 1. The average Bonchev–Trinajstić information content (AvgIpc) is 3.34. The smallest absolute Gasteiger partial charge is 0.265 e. The minimum absolute atomic E-state index is 0.00518. The molecule has 0 atom stereocenters. The van der Waals surface area contributed by atoms with Gasteiger partial charge in [-0.05, 0) is 62.9 Å². The van der Waals surface area contributed by atoms with E-state index in [2.05, 4.69) is 16.6 Å². The highest BCUT2D eigenvalue weighted by Crippen LogP contribution is 2.34. The quantitative estimate of drug-likeness (QED) is 0.565. The van der Waals surface area contributed by atoms with Crippen LogP contribution in [-0.2, 0) is 17.1 Å². The summed E-state index contributed by atoms with van der Waals surface area (Å²) in [5.41, 5.74) is 2.67. The molecular weight excluding hydrogens is 470 g/mol. The number of hydrogen-bond donors (Lipinski definition) is 1. The fourth-order valence-corrected chi connectivity index (χ4v) is 6.47. The van der Waals surface area contributed by atoms with Crippen molar-refractivity contribution in [1.29, 1.82) is 5.26 Å². The van der Waals surface area contributed by atoms with Crippen LogP contribution in [0.15, 0.2) is 35.2 Å². The summed E-state index contributed by atoms with van der Waals surface area (Å²) in [7, 11) is -2.08. The lowest BCUT2D eigenvalue weighted by Crippen LogP contribution is -2.37. The molecule has 1 N–H and O–H groups in total. The molecule has 2 aromatic heterocycles. The third-order valence-corrected chi connectivity index (χ3v) is 8.99. The lowest BCUT2D eigenvalue weighted by molar-refractivity contribution is 0.0701. The Morgan fingerprint density at radius 1 is 1.21 bits per heavy atom. The van der Waals surface area contributed by atoms with Crippen molar-refractivity contribution in [2.45, 2.75) is 38.5 Å². The first kappa shape index (κ1) is 24.0. The van der Waals surface area contributed by atoms with Gasteiger partial charge < -0.3 is 9.47 Å². The summed E-state index contributed by atoms with van der Waals surface area (Å²) in [4.78, 5) is 20.3. The number of anilines is 1. The van der Waals surface area contributed by atoms with E-state index in [-0.39, 0.29) is 10.8 Å². The molecule has 0 unspecified atom stereocenters. The van der Waals surface area contributed by atoms with Crippen molar-refractivity contribution in [2.24, 2.45) is 13.0 Å². The van der Waals surface area contributed by atoms with Gasteiger partial charge in [-0.1, -0.05) is 6.92 Å². The van der Waals surface area contributed by atoms with Gasteiger partial charge in [0.2, 0.25) is 0 Å². The molecule has 10 heteroatoms. The molecule has 1 aromatic carbocycles. The van der Waals surface area contributed by atoms with Gasteiger partial charge in [-0.15, -0.1) is 11.3 Å². The first-order valence-corrected chi connectivity index (χ1v) is 13.4. The maximum Gasteiger partial charge on any atom is 0.265 e. The van der Waals surface area contributed by atoms with Crippen LogP contribution >= 0.6 is 11.3 Å². The second kappa shape index (κ2) is 9.24. The predicted octanol–water partition coefficient (Wildman–Crippen LogP) is 4.31. The zero-order valence-corrected chi connectivity index (χ0v) is 21.3. The maximum atomic E-state index is 13.1. The number of sulfonamides is 1. The van der Waals surface area contributed by atoms with Gasteiger partial charge in [0.25, 0.3) is 15.9 Å². The van der Waals surface area contributed by atoms with Crippen LogP contribution < -0.4 is 4.72 Å². The largest absolute Gasteiger partial charge is 0.345 e. The Hall–Kier alpha value is -3.16. The molecule has 1 fully saturated rings. The summed E-state index contributed by atoms with van der Waals surface area (Å²) >= 11 is 1.30. The minimum atomic E-state index is -3.87. The zero-order valence-electron chi connectivity index (χ0n) is 19.6. The Balaban J connectivity index is 1.62. The van der Waals surface area contributed by atoms with Crippen molar-refractivity contribution in [3.8, 4) is 16.8 Å². The highest BCUT2D eigenvalue weighted by Gasteiger charge is 2.28. The first-order chi connectivity index (χ1) is 16.1. The molecular formula is C24H27N5O3S2. The number of benzene rings is 1. The van der Waals surface area contributed by atoms with Crippen molar-refractivity contribution in [2.75, 3.05) is 17.8 Å². The van der Waals surface area contributed by atoms with Gasteiger partial charge in [0.05, 0.1) is 23.0 Å². The fourth-order valence-electron chi connectivity index (χ4n) is 4.03. The summed E-state index contributed by atoms with van der Waals surface area (Å²) < 4.78 is 30.6. The van der Waals surface area contributed by atoms with E-state index in [1.165, 1.54) is 11.3 Å². The Bertz CT molecular complexity index is 1370. The average molecular weight is 498 g/mol. The van der Waals surface area contributed by atoms with E-state index in [0.717, 1.165) is 25.9 Å². The Labute approximate surface area is 203 Å². The molecule has 0 aliphatic carbocycles. The molecule has 3 aromatic rings. The number of likely N-dealkylation sites (tertiary alicyclic amines) is 1. The Kier molecular flexibility index (Phi) is 6.51. The number of aromatic nitrogens is 2. The topological polar surface area (TPSA) is 108 Å². The van der Waals surface area contributed by atoms with Crippen LogP contribution in [0.1, 0.15) is 46.4 Å². The van der Waals surface area contributed by atoms with Gasteiger partial charge in [-0.25, -0.2) is 13.4 Å². The van der Waals surface area contributed by atoms with Gasteiger partial charge in [-0.3, -0.25) is 9.52 Å². The molecule has 0 saturated carbocycles. The van der Waals surface area contributed by atoms with Crippen LogP contribution in [-0.4, -0.2) is 41.9 Å². The van der Waals surface area contributed by atoms with Crippen LogP contribution in [0.5, 0.6) is 0 Å². The number of carbonyl (C=O) groups excluding carboxylic acids is 1. The van der Waals surface area contributed by atoms with Gasteiger partial charge in [0.1, 0.15) is 14.8 Å². The lowest BCUT2D eigenvalue weighted by Gasteiger charge is -2.30. The number of hydrogen-bond acceptors (Lipinski definition) is 6. The van der Waals surface area contributed by atoms with Crippen LogP contribution in [0.2, 0.25) is 0 Å². The molecule has 34 heavy (non-hydrogen) atoms. The molecule has 0 bridgehead atoms. The van der Waals surface area contributed by atoms with E-state index >= 15 is 0 Å². The summed E-state index contributed by atoms with van der Waals surface area (Å²) in [5, 5.41) is 9.54. The molecule has 1 saturated heterocycles. The number of nitrogens with zero attached hydrogens (tertiary/aromatic N) is 4. The van der Waals surface area contributed by atoms with Crippen molar-refractivity contribution in [3.63, 3.8) is 0 Å². The molecule has 1 aliphatic heterocycles. The van der Waals surface area contributed by atoms with Crippen molar-refractivity contribution < 1.29 is 13.2 Å². The van der Waals surface area contributed by atoms with Gasteiger partial charge >= 0.3 is 0 Å². The number of nitrogens with one attached hydrogen (secondary N) is 1. The predicted molar refractivity (Wildman–Crippen MR) is 132 cm³/mol. The fraction of sp³-hybridized carbons (Fsp3) is 0.375. The Morgan fingerprint density at radius 2 is 1.85 bits per heavy atom. The number of piperidine rings is 1. The van der Waals surface area contributed by atoms with E-state index in [1.54, 1.807) is 48.9 Å². The normalized spacial score (nSPS) is 14.7. The molecule has 0 radical (unpaired) electrons. The molecule has 178 valence electrons. The number of aryl methyl sites for hydroxylation is 1. The van der Waals surface area contributed by atoms with Crippen molar-refractivity contribution in [3.05, 3.63) is 52.2 Å². The van der Waals surface area contributed by atoms with Crippen LogP contribution in [0.4, 0.5) is 5.69 Å². The monoisotopic (exact) mass is 497 g/mol. The summed E-state index contributed by atoms with van der Waals surface area (Å²) in [6, 6.07) is 9.83. The minimum Gasteiger partial charge on any atom is -0.345 e. The van der Waals surface area contributed by atoms with Gasteiger partial charge in [-0.2, -0.15) is 5.26 Å². The number of rotatable bonds is 5. The third kappa shape index (κ3) is 4.58. The Morgan fingerprint density at radius 3 is 2.47 bits per heavy atom. The number of amides is 1. The van der Waals surface area contributed by atoms with Crippen LogP contribution in [0.3, 0.4) is 0 Å². The van der Waals surface area contributed by atoms with Gasteiger partial charge in [0.15, 0.2) is 0 Å². The standard InChI is InChI=1S/C24H27N5O3S2/c1-15-9-11-29(12-10-15)24(30)22-16(2)26-23(33-22)20-13-21(17(3)28(20)4)34(31,32)27-19-7-5-18(14-25)6-8-19/h5-8,13,15,27H,9-12H2,1-4H3. The van der Waals surface area contributed by atoms with E-state index in [0.29, 0.717) is 44.1 Å². The lowest BCUT2D eigenvalue weighted by atomic mass is 9.99. The molecule has 4 rings (SSSR count). The highest BCUT2D eigenvalue weighted by atomic mass is 32.2. The second-order valence-corrected chi connectivity index (χ2v) is 11.4.